The van der Waals surface area contributed by atoms with E-state index in [9.17, 15) is 4.79 Å². The molecular formula is C26H26N4OS2. The van der Waals surface area contributed by atoms with Crippen molar-refractivity contribution in [3.63, 3.8) is 0 Å². The maximum absolute atomic E-state index is 12.7. The maximum atomic E-state index is 12.7. The first-order valence-corrected chi connectivity index (χ1v) is 12.9. The van der Waals surface area contributed by atoms with E-state index in [0.29, 0.717) is 5.16 Å². The van der Waals surface area contributed by atoms with Gasteiger partial charge in [-0.05, 0) is 36.4 Å². The molecule has 1 N–H and O–H groups in total. The van der Waals surface area contributed by atoms with Crippen LogP contribution in [0.3, 0.4) is 0 Å². The summed E-state index contributed by atoms with van der Waals surface area (Å²) in [6, 6.07) is 27.8. The van der Waals surface area contributed by atoms with Crippen molar-refractivity contribution in [1.82, 2.24) is 14.8 Å². The molecule has 0 unspecified atom stereocenters. The number of rotatable bonds is 10. The summed E-state index contributed by atoms with van der Waals surface area (Å²) >= 11 is 3.12. The van der Waals surface area contributed by atoms with E-state index in [1.807, 2.05) is 83.5 Å². The van der Waals surface area contributed by atoms with Gasteiger partial charge in [0.1, 0.15) is 0 Å². The number of nitrogens with zero attached hydrogens (tertiary/aromatic N) is 3. The second-order valence-electron chi connectivity index (χ2n) is 7.37. The molecule has 0 aliphatic rings. The Kier molecular flexibility index (Phi) is 8.22. The van der Waals surface area contributed by atoms with Crippen LogP contribution in [0.2, 0.25) is 0 Å². The fourth-order valence-electron chi connectivity index (χ4n) is 3.22. The normalized spacial score (nSPS) is 10.8. The van der Waals surface area contributed by atoms with Crippen LogP contribution in [0.15, 0.2) is 95.0 Å². The largest absolute Gasteiger partial charge is 0.324 e. The van der Waals surface area contributed by atoms with Gasteiger partial charge < -0.3 is 5.32 Å². The number of thioether (sulfide) groups is 2. The zero-order chi connectivity index (χ0) is 22.9. The molecule has 1 heterocycles. The monoisotopic (exact) mass is 474 g/mol. The topological polar surface area (TPSA) is 59.8 Å². The minimum absolute atomic E-state index is 0.0686. The number of anilines is 1. The lowest BCUT2D eigenvalue weighted by molar-refractivity contribution is -0.113. The van der Waals surface area contributed by atoms with Gasteiger partial charge in [-0.2, -0.15) is 0 Å². The summed E-state index contributed by atoms with van der Waals surface area (Å²) in [4.78, 5) is 18.5. The van der Waals surface area contributed by atoms with Crippen LogP contribution in [-0.2, 0) is 4.79 Å². The first-order chi connectivity index (χ1) is 16.2. The minimum Gasteiger partial charge on any atom is -0.324 e. The zero-order valence-electron chi connectivity index (χ0n) is 18.5. The molecule has 3 aromatic carbocycles. The SMILES string of the molecule is CCCCSc1ccccc1NC(=O)CSc1nc(-c2ccccc2)n(-c2ccccc2)n1. The van der Waals surface area contributed by atoms with Crippen LogP contribution in [0.5, 0.6) is 0 Å². The van der Waals surface area contributed by atoms with Crippen molar-refractivity contribution in [2.45, 2.75) is 29.8 Å². The van der Waals surface area contributed by atoms with Crippen molar-refractivity contribution in [2.75, 3.05) is 16.8 Å². The molecule has 0 fully saturated rings. The predicted octanol–water partition coefficient (Wildman–Crippen LogP) is 6.56. The molecule has 33 heavy (non-hydrogen) atoms. The standard InChI is InChI=1S/C26H26N4OS2/c1-2-3-18-32-23-17-11-10-16-22(23)27-24(31)19-33-26-28-25(20-12-6-4-7-13-20)30(29-26)21-14-8-5-9-15-21/h4-17H,2-3,18-19H2,1H3,(H,27,31). The molecule has 0 aliphatic heterocycles. The summed E-state index contributed by atoms with van der Waals surface area (Å²) in [5, 5.41) is 8.31. The second-order valence-corrected chi connectivity index (χ2v) is 9.45. The highest BCUT2D eigenvalue weighted by atomic mass is 32.2. The van der Waals surface area contributed by atoms with Crippen LogP contribution >= 0.6 is 23.5 Å². The summed E-state index contributed by atoms with van der Waals surface area (Å²) in [6.45, 7) is 2.18. The highest BCUT2D eigenvalue weighted by molar-refractivity contribution is 8.00. The zero-order valence-corrected chi connectivity index (χ0v) is 20.1. The van der Waals surface area contributed by atoms with E-state index in [4.69, 9.17) is 4.98 Å². The number of amides is 1. The molecule has 1 amide bonds. The average Bonchev–Trinajstić information content (AvgIpc) is 3.29. The van der Waals surface area contributed by atoms with Gasteiger partial charge in [0.05, 0.1) is 17.1 Å². The molecule has 4 rings (SSSR count). The average molecular weight is 475 g/mol. The van der Waals surface area contributed by atoms with Gasteiger partial charge in [0.25, 0.3) is 0 Å². The van der Waals surface area contributed by atoms with Crippen LogP contribution in [-0.4, -0.2) is 32.2 Å². The molecule has 0 saturated heterocycles. The van der Waals surface area contributed by atoms with Gasteiger partial charge in [-0.15, -0.1) is 16.9 Å². The number of carbonyl (C=O) groups is 1. The molecule has 0 radical (unpaired) electrons. The smallest absolute Gasteiger partial charge is 0.234 e. The number of carbonyl (C=O) groups excluding carboxylic acids is 1. The second kappa shape index (κ2) is 11.7. The summed E-state index contributed by atoms with van der Waals surface area (Å²) < 4.78 is 1.83. The Morgan fingerprint density at radius 2 is 1.61 bits per heavy atom. The van der Waals surface area contributed by atoms with Crippen LogP contribution in [0.4, 0.5) is 5.69 Å². The van der Waals surface area contributed by atoms with Gasteiger partial charge in [0, 0.05) is 10.5 Å². The number of nitrogens with one attached hydrogen (secondary N) is 1. The molecule has 168 valence electrons. The predicted molar refractivity (Wildman–Crippen MR) is 138 cm³/mol. The van der Waals surface area contributed by atoms with Crippen molar-refractivity contribution < 1.29 is 4.79 Å². The number of hydrogen-bond acceptors (Lipinski definition) is 5. The Morgan fingerprint density at radius 3 is 2.36 bits per heavy atom. The third-order valence-corrected chi connectivity index (χ3v) is 6.87. The summed E-state index contributed by atoms with van der Waals surface area (Å²) in [6.07, 6.45) is 2.31. The van der Waals surface area contributed by atoms with Crippen LogP contribution in [0.1, 0.15) is 19.8 Å². The number of hydrogen-bond donors (Lipinski definition) is 1. The lowest BCUT2D eigenvalue weighted by Crippen LogP contribution is -2.14. The molecule has 0 saturated carbocycles. The number of unbranched alkanes of at least 4 members (excludes halogenated alkanes) is 1. The lowest BCUT2D eigenvalue weighted by atomic mass is 10.2. The Morgan fingerprint density at radius 1 is 0.909 bits per heavy atom. The summed E-state index contributed by atoms with van der Waals surface area (Å²) in [5.74, 6) is 1.96. The quantitative estimate of drug-likeness (QED) is 0.208. The third-order valence-electron chi connectivity index (χ3n) is 4.87. The van der Waals surface area contributed by atoms with E-state index in [0.717, 1.165) is 46.3 Å². The highest BCUT2D eigenvalue weighted by Crippen LogP contribution is 2.29. The number of benzene rings is 3. The van der Waals surface area contributed by atoms with E-state index in [2.05, 4.69) is 23.4 Å². The molecule has 0 aliphatic carbocycles. The summed E-state index contributed by atoms with van der Waals surface area (Å²) in [5.41, 5.74) is 2.76. The molecule has 0 bridgehead atoms. The number of para-hydroxylation sites is 2. The molecule has 4 aromatic rings. The van der Waals surface area contributed by atoms with Crippen LogP contribution in [0.25, 0.3) is 17.1 Å². The fourth-order valence-corrected chi connectivity index (χ4v) is 4.94. The lowest BCUT2D eigenvalue weighted by Gasteiger charge is -2.10. The van der Waals surface area contributed by atoms with Gasteiger partial charge in [0.2, 0.25) is 11.1 Å². The van der Waals surface area contributed by atoms with Crippen molar-refractivity contribution in [1.29, 1.82) is 0 Å². The summed E-state index contributed by atoms with van der Waals surface area (Å²) in [7, 11) is 0. The van der Waals surface area contributed by atoms with Crippen molar-refractivity contribution >= 4 is 35.1 Å². The van der Waals surface area contributed by atoms with Crippen molar-refractivity contribution in [2.24, 2.45) is 0 Å². The van der Waals surface area contributed by atoms with Crippen molar-refractivity contribution in [3.8, 4) is 17.1 Å². The fraction of sp³-hybridized carbons (Fsp3) is 0.192. The molecule has 7 heteroatoms. The van der Waals surface area contributed by atoms with Gasteiger partial charge in [0.15, 0.2) is 5.82 Å². The van der Waals surface area contributed by atoms with Gasteiger partial charge >= 0.3 is 0 Å². The molecule has 0 spiro atoms. The first-order valence-electron chi connectivity index (χ1n) is 11.0. The van der Waals surface area contributed by atoms with Crippen LogP contribution in [0, 0.1) is 0 Å². The van der Waals surface area contributed by atoms with E-state index in [1.165, 1.54) is 11.8 Å². The maximum Gasteiger partial charge on any atom is 0.234 e. The molecule has 1 aromatic heterocycles. The molecular weight excluding hydrogens is 448 g/mol. The van der Waals surface area contributed by atoms with E-state index in [1.54, 1.807) is 11.8 Å². The van der Waals surface area contributed by atoms with Gasteiger partial charge in [-0.3, -0.25) is 4.79 Å². The Bertz CT molecular complexity index is 1120. The van der Waals surface area contributed by atoms with Gasteiger partial charge in [-0.1, -0.05) is 85.8 Å². The number of aromatic nitrogens is 3. The molecule has 0 atom stereocenters. The van der Waals surface area contributed by atoms with Gasteiger partial charge in [-0.25, -0.2) is 9.67 Å². The van der Waals surface area contributed by atoms with Crippen LogP contribution < -0.4 is 5.32 Å². The Labute approximate surface area is 203 Å². The van der Waals surface area contributed by atoms with Crippen molar-refractivity contribution in [3.05, 3.63) is 84.9 Å². The first kappa shape index (κ1) is 23.1. The highest BCUT2D eigenvalue weighted by Gasteiger charge is 2.15. The molecule has 5 nitrogen and oxygen atoms in total. The minimum atomic E-state index is -0.0686. The van der Waals surface area contributed by atoms with E-state index >= 15 is 0 Å². The Hall–Kier alpha value is -3.03. The third kappa shape index (κ3) is 6.27. The van der Waals surface area contributed by atoms with E-state index in [-0.39, 0.29) is 11.7 Å². The van der Waals surface area contributed by atoms with E-state index < -0.39 is 0 Å². The Balaban J connectivity index is 1.47.